The zero-order valence-corrected chi connectivity index (χ0v) is 14.2. The lowest BCUT2D eigenvalue weighted by Gasteiger charge is -2.22. The van der Waals surface area contributed by atoms with Crippen molar-refractivity contribution in [2.24, 2.45) is 0 Å². The SMILES string of the molecule is CC(O)(CNC(=O)C(=O)NCCC1=CCCCC1)c1cccs1. The van der Waals surface area contributed by atoms with Crippen LogP contribution < -0.4 is 10.6 Å². The summed E-state index contributed by atoms with van der Waals surface area (Å²) in [6, 6.07) is 3.64. The normalized spacial score (nSPS) is 17.0. The monoisotopic (exact) mass is 336 g/mol. The molecule has 23 heavy (non-hydrogen) atoms. The number of amides is 2. The molecule has 1 heterocycles. The van der Waals surface area contributed by atoms with E-state index < -0.39 is 17.4 Å². The number of allylic oxidation sites excluding steroid dienone is 1. The van der Waals surface area contributed by atoms with E-state index in [9.17, 15) is 14.7 Å². The van der Waals surface area contributed by atoms with Gasteiger partial charge in [0.05, 0.1) is 6.54 Å². The number of thiophene rings is 1. The van der Waals surface area contributed by atoms with E-state index in [1.165, 1.54) is 29.8 Å². The molecule has 0 saturated carbocycles. The lowest BCUT2D eigenvalue weighted by atomic mass is 9.97. The summed E-state index contributed by atoms with van der Waals surface area (Å²) in [7, 11) is 0. The molecule has 0 bridgehead atoms. The van der Waals surface area contributed by atoms with Crippen molar-refractivity contribution in [2.45, 2.75) is 44.6 Å². The van der Waals surface area contributed by atoms with Gasteiger partial charge in [0.15, 0.2) is 0 Å². The maximum absolute atomic E-state index is 11.8. The van der Waals surface area contributed by atoms with Gasteiger partial charge in [-0.05, 0) is 50.5 Å². The average molecular weight is 336 g/mol. The first-order valence-corrected chi connectivity index (χ1v) is 8.87. The lowest BCUT2D eigenvalue weighted by molar-refractivity contribution is -0.139. The van der Waals surface area contributed by atoms with Gasteiger partial charge in [-0.2, -0.15) is 0 Å². The van der Waals surface area contributed by atoms with Crippen molar-refractivity contribution < 1.29 is 14.7 Å². The summed E-state index contributed by atoms with van der Waals surface area (Å²) in [5.41, 5.74) is 0.189. The highest BCUT2D eigenvalue weighted by Gasteiger charge is 2.26. The minimum atomic E-state index is -1.17. The topological polar surface area (TPSA) is 78.4 Å². The van der Waals surface area contributed by atoms with Gasteiger partial charge in [-0.1, -0.05) is 17.7 Å². The van der Waals surface area contributed by atoms with Crippen molar-refractivity contribution in [3.8, 4) is 0 Å². The molecule has 0 spiro atoms. The Bertz CT molecular complexity index is 564. The number of carbonyl (C=O) groups is 2. The van der Waals surface area contributed by atoms with E-state index in [2.05, 4.69) is 16.7 Å². The maximum atomic E-state index is 11.8. The fourth-order valence-corrected chi connectivity index (χ4v) is 3.34. The third kappa shape index (κ3) is 5.48. The van der Waals surface area contributed by atoms with E-state index in [0.717, 1.165) is 24.1 Å². The molecule has 1 aliphatic rings. The zero-order valence-electron chi connectivity index (χ0n) is 13.4. The highest BCUT2D eigenvalue weighted by atomic mass is 32.1. The summed E-state index contributed by atoms with van der Waals surface area (Å²) < 4.78 is 0. The van der Waals surface area contributed by atoms with Crippen molar-refractivity contribution >= 4 is 23.2 Å². The summed E-state index contributed by atoms with van der Waals surface area (Å²) in [4.78, 5) is 24.3. The highest BCUT2D eigenvalue weighted by Crippen LogP contribution is 2.24. The van der Waals surface area contributed by atoms with Crippen LogP contribution in [0.25, 0.3) is 0 Å². The van der Waals surface area contributed by atoms with Crippen LogP contribution in [-0.2, 0) is 15.2 Å². The molecule has 1 aliphatic carbocycles. The molecule has 0 aliphatic heterocycles. The molecule has 6 heteroatoms. The molecule has 0 aromatic carbocycles. The molecule has 2 amide bonds. The molecule has 5 nitrogen and oxygen atoms in total. The second kappa shape index (κ2) is 8.26. The molecule has 0 radical (unpaired) electrons. The van der Waals surface area contributed by atoms with Gasteiger partial charge in [0.1, 0.15) is 5.60 Å². The molecule has 126 valence electrons. The highest BCUT2D eigenvalue weighted by molar-refractivity contribution is 7.10. The van der Waals surface area contributed by atoms with Crippen LogP contribution in [0.4, 0.5) is 0 Å². The van der Waals surface area contributed by atoms with E-state index in [1.807, 2.05) is 11.4 Å². The van der Waals surface area contributed by atoms with Crippen LogP contribution in [0.15, 0.2) is 29.2 Å². The number of carbonyl (C=O) groups excluding carboxylic acids is 2. The standard InChI is InChI=1S/C17H24N2O3S/c1-17(22,14-8-5-11-23-14)12-19-16(21)15(20)18-10-9-13-6-3-2-4-7-13/h5-6,8,11,22H,2-4,7,9-10,12H2,1H3,(H,18,20)(H,19,21). The van der Waals surface area contributed by atoms with Crippen LogP contribution in [0.1, 0.15) is 43.9 Å². The summed E-state index contributed by atoms with van der Waals surface area (Å²) in [5, 5.41) is 17.3. The number of nitrogens with one attached hydrogen (secondary N) is 2. The Kier molecular flexibility index (Phi) is 6.36. The van der Waals surface area contributed by atoms with E-state index >= 15 is 0 Å². The Hall–Kier alpha value is -1.66. The maximum Gasteiger partial charge on any atom is 0.309 e. The molecule has 1 unspecified atom stereocenters. The molecule has 1 aromatic heterocycles. The predicted molar refractivity (Wildman–Crippen MR) is 91.1 cm³/mol. The van der Waals surface area contributed by atoms with Crippen LogP contribution in [0.5, 0.6) is 0 Å². The second-order valence-electron chi connectivity index (χ2n) is 6.05. The van der Waals surface area contributed by atoms with Gasteiger partial charge in [-0.3, -0.25) is 9.59 Å². The number of hydrogen-bond donors (Lipinski definition) is 3. The fourth-order valence-electron chi connectivity index (χ4n) is 2.55. The van der Waals surface area contributed by atoms with Crippen molar-refractivity contribution in [1.29, 1.82) is 0 Å². The molecule has 0 saturated heterocycles. The number of aliphatic hydroxyl groups is 1. The first-order valence-electron chi connectivity index (χ1n) is 7.99. The summed E-state index contributed by atoms with van der Waals surface area (Å²) in [6.45, 7) is 2.09. The van der Waals surface area contributed by atoms with Crippen molar-refractivity contribution in [3.63, 3.8) is 0 Å². The number of hydrogen-bond acceptors (Lipinski definition) is 4. The first-order chi connectivity index (χ1) is 11.0. The summed E-state index contributed by atoms with van der Waals surface area (Å²) in [5.74, 6) is -1.36. The molecule has 3 N–H and O–H groups in total. The Labute approximate surface area is 140 Å². The minimum absolute atomic E-state index is 0.00488. The smallest absolute Gasteiger partial charge is 0.309 e. The van der Waals surface area contributed by atoms with Gasteiger partial charge < -0.3 is 15.7 Å². The molecular weight excluding hydrogens is 312 g/mol. The molecule has 1 aromatic rings. The van der Waals surface area contributed by atoms with Gasteiger partial charge in [0.2, 0.25) is 0 Å². The van der Waals surface area contributed by atoms with Crippen molar-refractivity contribution in [3.05, 3.63) is 34.0 Å². The minimum Gasteiger partial charge on any atom is -0.383 e. The van der Waals surface area contributed by atoms with E-state index in [1.54, 1.807) is 13.0 Å². The first kappa shape index (κ1) is 17.7. The van der Waals surface area contributed by atoms with Gasteiger partial charge in [-0.15, -0.1) is 11.3 Å². The van der Waals surface area contributed by atoms with Crippen LogP contribution in [-0.4, -0.2) is 30.0 Å². The molecule has 2 rings (SSSR count). The van der Waals surface area contributed by atoms with Crippen LogP contribution in [0.3, 0.4) is 0 Å². The van der Waals surface area contributed by atoms with Crippen LogP contribution >= 0.6 is 11.3 Å². The Morgan fingerprint density at radius 2 is 2.09 bits per heavy atom. The van der Waals surface area contributed by atoms with Gasteiger partial charge in [0, 0.05) is 11.4 Å². The largest absolute Gasteiger partial charge is 0.383 e. The second-order valence-corrected chi connectivity index (χ2v) is 7.00. The van der Waals surface area contributed by atoms with E-state index in [0.29, 0.717) is 6.54 Å². The summed E-state index contributed by atoms with van der Waals surface area (Å²) >= 11 is 1.41. The van der Waals surface area contributed by atoms with Crippen molar-refractivity contribution in [2.75, 3.05) is 13.1 Å². The van der Waals surface area contributed by atoms with Crippen LogP contribution in [0.2, 0.25) is 0 Å². The molecular formula is C17H24N2O3S. The lowest BCUT2D eigenvalue weighted by Crippen LogP contribution is -2.45. The quantitative estimate of drug-likeness (QED) is 0.550. The molecule has 0 fully saturated rings. The predicted octanol–water partition coefficient (Wildman–Crippen LogP) is 2.08. The van der Waals surface area contributed by atoms with Gasteiger partial charge >= 0.3 is 11.8 Å². The Morgan fingerprint density at radius 1 is 1.30 bits per heavy atom. The zero-order chi connectivity index (χ0) is 16.7. The molecule has 1 atom stereocenters. The van der Waals surface area contributed by atoms with E-state index in [-0.39, 0.29) is 6.54 Å². The van der Waals surface area contributed by atoms with Crippen molar-refractivity contribution in [1.82, 2.24) is 10.6 Å². The van der Waals surface area contributed by atoms with Gasteiger partial charge in [0.25, 0.3) is 0 Å². The average Bonchev–Trinajstić information content (AvgIpc) is 3.09. The number of rotatable bonds is 6. The van der Waals surface area contributed by atoms with Gasteiger partial charge in [-0.25, -0.2) is 0 Å². The fraction of sp³-hybridized carbons (Fsp3) is 0.529. The third-order valence-corrected chi connectivity index (χ3v) is 5.09. The Morgan fingerprint density at radius 3 is 2.74 bits per heavy atom. The third-order valence-electron chi connectivity index (χ3n) is 3.97. The Balaban J connectivity index is 1.70. The van der Waals surface area contributed by atoms with Crippen LogP contribution in [0, 0.1) is 0 Å². The van der Waals surface area contributed by atoms with E-state index in [4.69, 9.17) is 0 Å². The summed E-state index contributed by atoms with van der Waals surface area (Å²) in [6.07, 6.45) is 7.67.